The van der Waals surface area contributed by atoms with Gasteiger partial charge in [-0.25, -0.2) is 0 Å². The number of nitrogens with one attached hydrogen (secondary N) is 1. The van der Waals surface area contributed by atoms with Crippen molar-refractivity contribution in [1.29, 1.82) is 0 Å². The second kappa shape index (κ2) is 9.41. The molecule has 1 atom stereocenters. The van der Waals surface area contributed by atoms with Crippen LogP contribution in [0.2, 0.25) is 5.02 Å². The molecule has 1 heterocycles. The van der Waals surface area contributed by atoms with E-state index in [1.807, 2.05) is 12.1 Å². The number of carbonyl (C=O) groups excluding carboxylic acids is 2. The largest absolute Gasteiger partial charge is 0.468 e. The predicted molar refractivity (Wildman–Crippen MR) is 118 cm³/mol. The quantitative estimate of drug-likeness (QED) is 0.396. The molecule has 150 valence electrons. The Morgan fingerprint density at radius 2 is 2.03 bits per heavy atom. The Morgan fingerprint density at radius 1 is 1.31 bits per heavy atom. The maximum atomic E-state index is 11.8. The first kappa shape index (κ1) is 21.3. The summed E-state index contributed by atoms with van der Waals surface area (Å²) in [5.74, 6) is 0.391. The minimum atomic E-state index is -0.711. The van der Waals surface area contributed by atoms with Crippen molar-refractivity contribution in [2.45, 2.75) is 12.5 Å². The van der Waals surface area contributed by atoms with E-state index in [1.54, 1.807) is 36.4 Å². The molecule has 3 rings (SSSR count). The molecule has 1 saturated heterocycles. The van der Waals surface area contributed by atoms with E-state index in [2.05, 4.69) is 10.1 Å². The summed E-state index contributed by atoms with van der Waals surface area (Å²) in [4.78, 5) is 23.7. The fraction of sp³-hybridized carbons (Fsp3) is 0.150. The number of methoxy groups -OCH3 is 1. The van der Waals surface area contributed by atoms with Crippen LogP contribution in [-0.2, 0) is 20.7 Å². The Labute approximate surface area is 182 Å². The van der Waals surface area contributed by atoms with Crippen molar-refractivity contribution >= 4 is 57.9 Å². The van der Waals surface area contributed by atoms with Gasteiger partial charge in [0.15, 0.2) is 0 Å². The Kier molecular flexibility index (Phi) is 6.92. The number of amides is 1. The molecule has 3 N–H and O–H groups in total. The summed E-state index contributed by atoms with van der Waals surface area (Å²) in [5, 5.41) is 2.97. The van der Waals surface area contributed by atoms with Crippen LogP contribution in [0.25, 0.3) is 6.08 Å². The molecule has 2 aromatic carbocycles. The maximum Gasteiger partial charge on any atom is 0.322 e. The number of thioether (sulfide) groups is 1. The topological polar surface area (TPSA) is 90.7 Å². The minimum Gasteiger partial charge on any atom is -0.468 e. The standard InChI is InChI=1S/C20H17ClN2O4S2/c1-26-19(25)15(22)9-11-2-5-13(6-3-11)27-16-7-4-12(8-14(16)21)10-17-18(24)23-20(28)29-17/h2-8,10,15H,9,22H2,1H3,(H,23,24,28)/b17-10-/t15-/m0/s1. The summed E-state index contributed by atoms with van der Waals surface area (Å²) in [6, 6.07) is 11.7. The van der Waals surface area contributed by atoms with Gasteiger partial charge in [0.25, 0.3) is 5.91 Å². The zero-order valence-corrected chi connectivity index (χ0v) is 17.7. The van der Waals surface area contributed by atoms with E-state index >= 15 is 0 Å². The summed E-state index contributed by atoms with van der Waals surface area (Å²) < 4.78 is 10.9. The van der Waals surface area contributed by atoms with Gasteiger partial charge in [0.1, 0.15) is 21.9 Å². The van der Waals surface area contributed by atoms with Crippen LogP contribution in [0, 0.1) is 0 Å². The first-order chi connectivity index (χ1) is 13.9. The zero-order valence-electron chi connectivity index (χ0n) is 15.3. The number of esters is 1. The molecule has 0 spiro atoms. The van der Waals surface area contributed by atoms with Crippen molar-refractivity contribution in [3.63, 3.8) is 0 Å². The van der Waals surface area contributed by atoms with Crippen LogP contribution in [0.3, 0.4) is 0 Å². The monoisotopic (exact) mass is 448 g/mol. The molecule has 29 heavy (non-hydrogen) atoms. The highest BCUT2D eigenvalue weighted by Crippen LogP contribution is 2.32. The molecule has 9 heteroatoms. The highest BCUT2D eigenvalue weighted by Gasteiger charge is 2.22. The van der Waals surface area contributed by atoms with Crippen LogP contribution in [0.15, 0.2) is 47.4 Å². The zero-order chi connectivity index (χ0) is 21.0. The molecule has 1 aliphatic rings. The van der Waals surface area contributed by atoms with Crippen LogP contribution in [0.4, 0.5) is 0 Å². The van der Waals surface area contributed by atoms with Gasteiger partial charge in [0.2, 0.25) is 0 Å². The average molecular weight is 449 g/mol. The van der Waals surface area contributed by atoms with E-state index in [0.29, 0.717) is 32.2 Å². The molecule has 0 saturated carbocycles. The Morgan fingerprint density at radius 3 is 2.62 bits per heavy atom. The van der Waals surface area contributed by atoms with Crippen molar-refractivity contribution in [1.82, 2.24) is 5.32 Å². The van der Waals surface area contributed by atoms with Crippen molar-refractivity contribution < 1.29 is 19.1 Å². The van der Waals surface area contributed by atoms with Crippen LogP contribution in [0.1, 0.15) is 11.1 Å². The molecule has 1 aliphatic heterocycles. The highest BCUT2D eigenvalue weighted by molar-refractivity contribution is 8.26. The van der Waals surface area contributed by atoms with Gasteiger partial charge in [-0.15, -0.1) is 0 Å². The van der Waals surface area contributed by atoms with Gasteiger partial charge in [-0.2, -0.15) is 0 Å². The van der Waals surface area contributed by atoms with Gasteiger partial charge in [0, 0.05) is 0 Å². The lowest BCUT2D eigenvalue weighted by Crippen LogP contribution is -2.33. The van der Waals surface area contributed by atoms with Crippen molar-refractivity contribution in [2.75, 3.05) is 7.11 Å². The normalized spacial score (nSPS) is 15.9. The van der Waals surface area contributed by atoms with Gasteiger partial charge in [-0.1, -0.05) is 53.8 Å². The van der Waals surface area contributed by atoms with Crippen molar-refractivity contribution in [2.24, 2.45) is 5.73 Å². The number of benzene rings is 2. The predicted octanol–water partition coefficient (Wildman–Crippen LogP) is 3.66. The molecular formula is C20H17ClN2O4S2. The van der Waals surface area contributed by atoms with Crippen LogP contribution >= 0.6 is 35.6 Å². The molecule has 0 unspecified atom stereocenters. The number of nitrogens with two attached hydrogens (primary N) is 1. The second-order valence-corrected chi connectivity index (χ2v) is 8.25. The van der Waals surface area contributed by atoms with Crippen molar-refractivity contribution in [3.05, 3.63) is 63.5 Å². The first-order valence-electron chi connectivity index (χ1n) is 8.50. The highest BCUT2D eigenvalue weighted by atomic mass is 35.5. The van der Waals surface area contributed by atoms with E-state index in [0.717, 1.165) is 11.1 Å². The van der Waals surface area contributed by atoms with Gasteiger partial charge in [0.05, 0.1) is 17.0 Å². The Hall–Kier alpha value is -2.39. The average Bonchev–Trinajstić information content (AvgIpc) is 3.01. The molecule has 1 amide bonds. The molecule has 0 aromatic heterocycles. The summed E-state index contributed by atoms with van der Waals surface area (Å²) in [5.41, 5.74) is 7.41. The van der Waals surface area contributed by atoms with Gasteiger partial charge in [-0.3, -0.25) is 9.59 Å². The Balaban J connectivity index is 1.67. The maximum absolute atomic E-state index is 11.8. The van der Waals surface area contributed by atoms with Crippen LogP contribution in [-0.4, -0.2) is 29.3 Å². The molecule has 1 fully saturated rings. The molecule has 0 bridgehead atoms. The number of thiocarbonyl (C=S) groups is 1. The number of ether oxygens (including phenoxy) is 2. The summed E-state index contributed by atoms with van der Waals surface area (Å²) in [6.45, 7) is 0. The molecule has 0 radical (unpaired) electrons. The fourth-order valence-electron chi connectivity index (χ4n) is 2.57. The number of halogens is 1. The van der Waals surface area contributed by atoms with E-state index in [4.69, 9.17) is 34.3 Å². The number of hydrogen-bond acceptors (Lipinski definition) is 7. The lowest BCUT2D eigenvalue weighted by atomic mass is 10.1. The lowest BCUT2D eigenvalue weighted by molar-refractivity contribution is -0.142. The van der Waals surface area contributed by atoms with E-state index in [1.165, 1.54) is 18.9 Å². The fourth-order valence-corrected chi connectivity index (χ4v) is 3.84. The third kappa shape index (κ3) is 5.57. The molecule has 2 aromatic rings. The van der Waals surface area contributed by atoms with Gasteiger partial charge < -0.3 is 20.5 Å². The Bertz CT molecular complexity index is 992. The number of rotatable bonds is 6. The number of hydrogen-bond donors (Lipinski definition) is 2. The van der Waals surface area contributed by atoms with E-state index < -0.39 is 12.0 Å². The molecule has 6 nitrogen and oxygen atoms in total. The van der Waals surface area contributed by atoms with E-state index in [-0.39, 0.29) is 5.91 Å². The number of carbonyl (C=O) groups is 2. The van der Waals surface area contributed by atoms with Gasteiger partial charge >= 0.3 is 5.97 Å². The van der Waals surface area contributed by atoms with Crippen molar-refractivity contribution in [3.8, 4) is 11.5 Å². The van der Waals surface area contributed by atoms with E-state index in [9.17, 15) is 9.59 Å². The molecular weight excluding hydrogens is 432 g/mol. The third-order valence-electron chi connectivity index (χ3n) is 4.01. The minimum absolute atomic E-state index is 0.219. The van der Waals surface area contributed by atoms with Gasteiger partial charge in [-0.05, 0) is 47.9 Å². The first-order valence-corrected chi connectivity index (χ1v) is 10.1. The lowest BCUT2D eigenvalue weighted by Gasteiger charge is -2.11. The summed E-state index contributed by atoms with van der Waals surface area (Å²) >= 11 is 12.5. The van der Waals surface area contributed by atoms with Crippen LogP contribution < -0.4 is 15.8 Å². The molecule has 0 aliphatic carbocycles. The van der Waals surface area contributed by atoms with Crippen LogP contribution in [0.5, 0.6) is 11.5 Å². The second-order valence-electron chi connectivity index (χ2n) is 6.12. The summed E-state index contributed by atoms with van der Waals surface area (Å²) in [6.07, 6.45) is 2.08. The third-order valence-corrected chi connectivity index (χ3v) is 5.46. The smallest absolute Gasteiger partial charge is 0.322 e. The summed E-state index contributed by atoms with van der Waals surface area (Å²) in [7, 11) is 1.31. The SMILES string of the molecule is COC(=O)[C@@H](N)Cc1ccc(Oc2ccc(/C=C3\SC(=S)NC3=O)cc2Cl)cc1.